The van der Waals surface area contributed by atoms with E-state index in [1.807, 2.05) is 18.2 Å². The van der Waals surface area contributed by atoms with Crippen LogP contribution in [-0.4, -0.2) is 34.7 Å². The number of amides is 1. The molecule has 0 bridgehead atoms. The standard InChI is InChI=1S/C20H18FN3O2/c1-26-17-7-4-15-12-24(9-8-14(15)10-17)20(25)19-11-18(22-23-19)13-2-5-16(21)6-3-13/h2-7,10-11H,8-9,12H2,1H3,(H,22,23). The second-order valence-corrected chi connectivity index (χ2v) is 6.29. The van der Waals surface area contributed by atoms with Crippen molar-refractivity contribution < 1.29 is 13.9 Å². The third-order valence-corrected chi connectivity index (χ3v) is 4.66. The maximum atomic E-state index is 13.1. The number of nitrogens with zero attached hydrogens (tertiary/aromatic N) is 2. The lowest BCUT2D eigenvalue weighted by Crippen LogP contribution is -2.36. The molecule has 5 nitrogen and oxygen atoms in total. The first-order chi connectivity index (χ1) is 12.6. The molecule has 1 N–H and O–H groups in total. The van der Waals surface area contributed by atoms with Gasteiger partial charge in [-0.15, -0.1) is 0 Å². The Balaban J connectivity index is 1.52. The first-order valence-corrected chi connectivity index (χ1v) is 8.40. The number of fused-ring (bicyclic) bond motifs is 1. The number of aromatic amines is 1. The van der Waals surface area contributed by atoms with Gasteiger partial charge in [0.1, 0.15) is 17.3 Å². The van der Waals surface area contributed by atoms with E-state index in [4.69, 9.17) is 4.74 Å². The summed E-state index contributed by atoms with van der Waals surface area (Å²) in [5, 5.41) is 6.99. The number of rotatable bonds is 3. The number of methoxy groups -OCH3 is 1. The van der Waals surface area contributed by atoms with E-state index in [-0.39, 0.29) is 11.7 Å². The molecule has 0 unspecified atom stereocenters. The highest BCUT2D eigenvalue weighted by molar-refractivity contribution is 5.93. The van der Waals surface area contributed by atoms with Crippen molar-refractivity contribution in [3.8, 4) is 17.0 Å². The first-order valence-electron chi connectivity index (χ1n) is 8.40. The SMILES string of the molecule is COc1ccc2c(c1)CCN(C(=O)c1cc(-c3ccc(F)cc3)n[nH]1)C2. The van der Waals surface area contributed by atoms with Crippen molar-refractivity contribution in [3.05, 3.63) is 71.2 Å². The van der Waals surface area contributed by atoms with Crippen LogP contribution in [0, 0.1) is 5.82 Å². The van der Waals surface area contributed by atoms with Gasteiger partial charge in [-0.1, -0.05) is 6.07 Å². The van der Waals surface area contributed by atoms with Crippen LogP contribution >= 0.6 is 0 Å². The Bertz CT molecular complexity index is 950. The fraction of sp³-hybridized carbons (Fsp3) is 0.200. The van der Waals surface area contributed by atoms with Gasteiger partial charge >= 0.3 is 0 Å². The highest BCUT2D eigenvalue weighted by atomic mass is 19.1. The molecule has 2 aromatic carbocycles. The van der Waals surface area contributed by atoms with Crippen molar-refractivity contribution in [1.82, 2.24) is 15.1 Å². The lowest BCUT2D eigenvalue weighted by molar-refractivity contribution is 0.0728. The highest BCUT2D eigenvalue weighted by Crippen LogP contribution is 2.25. The van der Waals surface area contributed by atoms with E-state index in [2.05, 4.69) is 10.2 Å². The number of H-pyrrole nitrogens is 1. The van der Waals surface area contributed by atoms with Gasteiger partial charge in [0, 0.05) is 18.7 Å². The van der Waals surface area contributed by atoms with Gasteiger partial charge in [0.15, 0.2) is 0 Å². The number of hydrogen-bond donors (Lipinski definition) is 1. The van der Waals surface area contributed by atoms with Gasteiger partial charge in [-0.25, -0.2) is 4.39 Å². The molecule has 1 aliphatic heterocycles. The van der Waals surface area contributed by atoms with Crippen LogP contribution in [-0.2, 0) is 13.0 Å². The van der Waals surface area contributed by atoms with Crippen molar-refractivity contribution in [2.24, 2.45) is 0 Å². The van der Waals surface area contributed by atoms with Gasteiger partial charge in [0.2, 0.25) is 0 Å². The minimum absolute atomic E-state index is 0.0904. The molecule has 0 atom stereocenters. The number of carbonyl (C=O) groups excluding carboxylic acids is 1. The Morgan fingerprint density at radius 2 is 1.96 bits per heavy atom. The summed E-state index contributed by atoms with van der Waals surface area (Å²) >= 11 is 0. The van der Waals surface area contributed by atoms with Crippen LogP contribution in [0.5, 0.6) is 5.75 Å². The summed E-state index contributed by atoms with van der Waals surface area (Å²) in [6, 6.07) is 13.7. The minimum Gasteiger partial charge on any atom is -0.497 e. The van der Waals surface area contributed by atoms with Crippen molar-refractivity contribution in [1.29, 1.82) is 0 Å². The molecule has 1 amide bonds. The van der Waals surface area contributed by atoms with Gasteiger partial charge in [0.05, 0.1) is 12.8 Å². The Morgan fingerprint density at radius 1 is 1.15 bits per heavy atom. The van der Waals surface area contributed by atoms with E-state index in [1.54, 1.807) is 30.2 Å². The van der Waals surface area contributed by atoms with Gasteiger partial charge in [0.25, 0.3) is 5.91 Å². The number of halogens is 1. The second-order valence-electron chi connectivity index (χ2n) is 6.29. The average molecular weight is 351 g/mol. The maximum Gasteiger partial charge on any atom is 0.272 e. The summed E-state index contributed by atoms with van der Waals surface area (Å²) in [7, 11) is 1.65. The van der Waals surface area contributed by atoms with Gasteiger partial charge < -0.3 is 9.64 Å². The molecule has 1 aromatic heterocycles. The third-order valence-electron chi connectivity index (χ3n) is 4.66. The predicted octanol–water partition coefficient (Wildman–Crippen LogP) is 3.42. The normalized spacial score (nSPS) is 13.4. The Morgan fingerprint density at radius 3 is 2.73 bits per heavy atom. The molecule has 4 rings (SSSR count). The Kier molecular flexibility index (Phi) is 4.16. The van der Waals surface area contributed by atoms with E-state index in [0.29, 0.717) is 24.5 Å². The number of carbonyl (C=O) groups is 1. The van der Waals surface area contributed by atoms with Crippen LogP contribution in [0.2, 0.25) is 0 Å². The van der Waals surface area contributed by atoms with E-state index in [9.17, 15) is 9.18 Å². The van der Waals surface area contributed by atoms with Gasteiger partial charge in [-0.05, 0) is 60.0 Å². The molecule has 3 aromatic rings. The second kappa shape index (κ2) is 6.63. The lowest BCUT2D eigenvalue weighted by Gasteiger charge is -2.28. The molecule has 1 aliphatic rings. The minimum atomic E-state index is -0.302. The number of hydrogen-bond acceptors (Lipinski definition) is 3. The molecular formula is C20H18FN3O2. The fourth-order valence-corrected chi connectivity index (χ4v) is 3.20. The van der Waals surface area contributed by atoms with E-state index in [0.717, 1.165) is 23.3 Å². The van der Waals surface area contributed by atoms with Crippen LogP contribution < -0.4 is 4.74 Å². The number of aromatic nitrogens is 2. The summed E-state index contributed by atoms with van der Waals surface area (Å²) in [6.07, 6.45) is 0.789. The average Bonchev–Trinajstić information content (AvgIpc) is 3.17. The summed E-state index contributed by atoms with van der Waals surface area (Å²) in [4.78, 5) is 14.6. The molecule has 0 saturated carbocycles. The molecule has 0 saturated heterocycles. The van der Waals surface area contributed by atoms with Crippen LogP contribution in [0.3, 0.4) is 0 Å². The third kappa shape index (κ3) is 3.06. The Hall–Kier alpha value is -3.15. The first kappa shape index (κ1) is 16.3. The Labute approximate surface area is 150 Å². The quantitative estimate of drug-likeness (QED) is 0.787. The summed E-state index contributed by atoms with van der Waals surface area (Å²) < 4.78 is 18.3. The maximum absolute atomic E-state index is 13.1. The van der Waals surface area contributed by atoms with Crippen LogP contribution in [0.4, 0.5) is 4.39 Å². The monoisotopic (exact) mass is 351 g/mol. The van der Waals surface area contributed by atoms with E-state index < -0.39 is 0 Å². The van der Waals surface area contributed by atoms with Crippen LogP contribution in [0.15, 0.2) is 48.5 Å². The lowest BCUT2D eigenvalue weighted by atomic mass is 9.99. The van der Waals surface area contributed by atoms with E-state index >= 15 is 0 Å². The van der Waals surface area contributed by atoms with Crippen LogP contribution in [0.25, 0.3) is 11.3 Å². The molecular weight excluding hydrogens is 333 g/mol. The summed E-state index contributed by atoms with van der Waals surface area (Å²) in [6.45, 7) is 1.20. The number of ether oxygens (including phenoxy) is 1. The zero-order chi connectivity index (χ0) is 18.1. The molecule has 0 fully saturated rings. The van der Waals surface area contributed by atoms with Crippen molar-refractivity contribution in [2.75, 3.05) is 13.7 Å². The van der Waals surface area contributed by atoms with Crippen molar-refractivity contribution >= 4 is 5.91 Å². The molecule has 0 spiro atoms. The summed E-state index contributed by atoms with van der Waals surface area (Å²) in [5.74, 6) is 0.442. The molecule has 132 valence electrons. The fourth-order valence-electron chi connectivity index (χ4n) is 3.20. The molecule has 6 heteroatoms. The smallest absolute Gasteiger partial charge is 0.272 e. The summed E-state index contributed by atoms with van der Waals surface area (Å²) in [5.41, 5.74) is 4.16. The molecule has 0 radical (unpaired) electrons. The van der Waals surface area contributed by atoms with Crippen molar-refractivity contribution in [2.45, 2.75) is 13.0 Å². The number of benzene rings is 2. The van der Waals surface area contributed by atoms with E-state index in [1.165, 1.54) is 17.7 Å². The van der Waals surface area contributed by atoms with Gasteiger partial charge in [-0.2, -0.15) is 5.10 Å². The largest absolute Gasteiger partial charge is 0.497 e. The zero-order valence-electron chi connectivity index (χ0n) is 14.3. The predicted molar refractivity (Wildman–Crippen MR) is 95.4 cm³/mol. The van der Waals surface area contributed by atoms with Crippen LogP contribution in [0.1, 0.15) is 21.6 Å². The van der Waals surface area contributed by atoms with Crippen molar-refractivity contribution in [3.63, 3.8) is 0 Å². The molecule has 26 heavy (non-hydrogen) atoms. The zero-order valence-corrected chi connectivity index (χ0v) is 14.3. The topological polar surface area (TPSA) is 58.2 Å². The van der Waals surface area contributed by atoms with Gasteiger partial charge in [-0.3, -0.25) is 9.89 Å². The number of nitrogens with one attached hydrogen (secondary N) is 1. The molecule has 2 heterocycles. The highest BCUT2D eigenvalue weighted by Gasteiger charge is 2.23. The molecule has 0 aliphatic carbocycles.